The van der Waals surface area contributed by atoms with Crippen LogP contribution in [0.4, 0.5) is 11.5 Å². The van der Waals surface area contributed by atoms with Gasteiger partial charge in [0.15, 0.2) is 0 Å². The first-order chi connectivity index (χ1) is 9.42. The Bertz CT molecular complexity index is 403. The fourth-order valence-corrected chi connectivity index (χ4v) is 1.73. The Kier molecular flexibility index (Phi) is 6.58. The third-order valence-corrected chi connectivity index (χ3v) is 2.68. The molecule has 0 saturated carbocycles. The van der Waals surface area contributed by atoms with Crippen molar-refractivity contribution in [2.75, 3.05) is 24.2 Å². The van der Waals surface area contributed by atoms with Crippen molar-refractivity contribution < 1.29 is 9.84 Å². The summed E-state index contributed by atoms with van der Waals surface area (Å²) in [5.41, 5.74) is 6.10. The number of unbranched alkanes of at least 4 members (excludes halogenated alkanes) is 3. The number of hydrogen-bond acceptors (Lipinski definition) is 5. The van der Waals surface area contributed by atoms with E-state index in [1.807, 2.05) is 32.9 Å². The fraction of sp³-hybridized carbons (Fsp3) is 0.667. The molecular weight excluding hydrogens is 254 g/mol. The van der Waals surface area contributed by atoms with Gasteiger partial charge in [-0.3, -0.25) is 0 Å². The molecule has 4 N–H and O–H groups in total. The number of aliphatic hydroxyl groups excluding tert-OH is 1. The Balaban J connectivity index is 2.45. The van der Waals surface area contributed by atoms with Gasteiger partial charge in [0.25, 0.3) is 0 Å². The number of aliphatic hydroxyl groups is 1. The fourth-order valence-electron chi connectivity index (χ4n) is 1.73. The Morgan fingerprint density at radius 3 is 2.55 bits per heavy atom. The Morgan fingerprint density at radius 2 is 1.90 bits per heavy atom. The molecule has 0 saturated heterocycles. The Morgan fingerprint density at radius 1 is 1.20 bits per heavy atom. The van der Waals surface area contributed by atoms with E-state index in [2.05, 4.69) is 10.3 Å². The molecule has 0 unspecified atom stereocenters. The molecule has 0 aliphatic heterocycles. The number of nitrogens with one attached hydrogen (secondary N) is 1. The van der Waals surface area contributed by atoms with Crippen molar-refractivity contribution >= 4 is 11.5 Å². The summed E-state index contributed by atoms with van der Waals surface area (Å²) in [6, 6.07) is 3.67. The summed E-state index contributed by atoms with van der Waals surface area (Å²) in [6.07, 6.45) is 4.10. The molecule has 1 aromatic rings. The molecule has 1 heterocycles. The largest absolute Gasteiger partial charge is 0.470 e. The first kappa shape index (κ1) is 16.6. The predicted molar refractivity (Wildman–Crippen MR) is 83.1 cm³/mol. The molecule has 0 aliphatic carbocycles. The van der Waals surface area contributed by atoms with Gasteiger partial charge in [0.1, 0.15) is 11.4 Å². The number of nitrogens with zero attached hydrogens (tertiary/aromatic N) is 1. The minimum absolute atomic E-state index is 0.278. The third kappa shape index (κ3) is 6.61. The van der Waals surface area contributed by atoms with Crippen LogP contribution in [0.2, 0.25) is 0 Å². The molecule has 1 aromatic heterocycles. The van der Waals surface area contributed by atoms with E-state index in [1.165, 1.54) is 0 Å². The van der Waals surface area contributed by atoms with Crippen molar-refractivity contribution in [1.29, 1.82) is 0 Å². The van der Waals surface area contributed by atoms with E-state index < -0.39 is 0 Å². The van der Waals surface area contributed by atoms with Crippen LogP contribution in [0, 0.1) is 0 Å². The van der Waals surface area contributed by atoms with Crippen molar-refractivity contribution in [3.8, 4) is 5.88 Å². The van der Waals surface area contributed by atoms with Gasteiger partial charge in [-0.15, -0.1) is 0 Å². The van der Waals surface area contributed by atoms with E-state index in [4.69, 9.17) is 15.6 Å². The second-order valence-corrected chi connectivity index (χ2v) is 5.87. The molecular formula is C15H27N3O2. The number of nitrogen functional groups attached to an aromatic ring is 1. The van der Waals surface area contributed by atoms with E-state index in [0.717, 1.165) is 38.0 Å². The highest BCUT2D eigenvalue weighted by Crippen LogP contribution is 2.24. The van der Waals surface area contributed by atoms with Crippen molar-refractivity contribution in [2.45, 2.75) is 52.1 Å². The second kappa shape index (κ2) is 7.94. The van der Waals surface area contributed by atoms with Crippen LogP contribution in [0.15, 0.2) is 12.1 Å². The molecule has 0 amide bonds. The molecule has 0 spiro atoms. The van der Waals surface area contributed by atoms with Gasteiger partial charge in [-0.2, -0.15) is 4.98 Å². The van der Waals surface area contributed by atoms with Crippen LogP contribution in [0.25, 0.3) is 0 Å². The van der Waals surface area contributed by atoms with Gasteiger partial charge in [-0.25, -0.2) is 0 Å². The number of anilines is 2. The topological polar surface area (TPSA) is 80.4 Å². The van der Waals surface area contributed by atoms with E-state index >= 15 is 0 Å². The summed E-state index contributed by atoms with van der Waals surface area (Å²) in [7, 11) is 0. The number of aromatic nitrogens is 1. The van der Waals surface area contributed by atoms with Crippen molar-refractivity contribution in [2.24, 2.45) is 0 Å². The maximum Gasteiger partial charge on any atom is 0.239 e. The zero-order chi connectivity index (χ0) is 15.0. The maximum absolute atomic E-state index is 8.70. The maximum atomic E-state index is 8.70. The van der Waals surface area contributed by atoms with Crippen molar-refractivity contribution in [3.63, 3.8) is 0 Å². The molecule has 0 fully saturated rings. The minimum Gasteiger partial charge on any atom is -0.470 e. The highest BCUT2D eigenvalue weighted by Gasteiger charge is 2.15. The van der Waals surface area contributed by atoms with Gasteiger partial charge in [0.05, 0.1) is 5.69 Å². The van der Waals surface area contributed by atoms with E-state index in [0.29, 0.717) is 11.6 Å². The van der Waals surface area contributed by atoms with Gasteiger partial charge < -0.3 is 20.9 Å². The SMILES string of the molecule is CC(C)(C)Oc1nc(NCCCCCCO)ccc1N. The van der Waals surface area contributed by atoms with Crippen molar-refractivity contribution in [3.05, 3.63) is 12.1 Å². The monoisotopic (exact) mass is 281 g/mol. The van der Waals surface area contributed by atoms with E-state index in [-0.39, 0.29) is 12.2 Å². The van der Waals surface area contributed by atoms with Crippen LogP contribution in [0.1, 0.15) is 46.5 Å². The molecule has 20 heavy (non-hydrogen) atoms. The van der Waals surface area contributed by atoms with Crippen molar-refractivity contribution in [1.82, 2.24) is 4.98 Å². The molecule has 114 valence electrons. The van der Waals surface area contributed by atoms with Gasteiger partial charge in [-0.05, 0) is 45.7 Å². The summed E-state index contributed by atoms with van der Waals surface area (Å²) in [6.45, 7) is 7.04. The van der Waals surface area contributed by atoms with Crippen LogP contribution in [-0.4, -0.2) is 28.8 Å². The van der Waals surface area contributed by atoms with Crippen LogP contribution in [0.3, 0.4) is 0 Å². The van der Waals surface area contributed by atoms with Crippen LogP contribution >= 0.6 is 0 Å². The van der Waals surface area contributed by atoms with Gasteiger partial charge in [0, 0.05) is 13.2 Å². The second-order valence-electron chi connectivity index (χ2n) is 5.87. The van der Waals surface area contributed by atoms with Gasteiger partial charge in [-0.1, -0.05) is 12.8 Å². The molecule has 5 nitrogen and oxygen atoms in total. The molecule has 0 radical (unpaired) electrons. The van der Waals surface area contributed by atoms with Crippen LogP contribution < -0.4 is 15.8 Å². The minimum atomic E-state index is -0.315. The summed E-state index contributed by atoms with van der Waals surface area (Å²) >= 11 is 0. The molecule has 5 heteroatoms. The zero-order valence-electron chi connectivity index (χ0n) is 12.8. The number of nitrogens with two attached hydrogens (primary N) is 1. The first-order valence-corrected chi connectivity index (χ1v) is 7.22. The highest BCUT2D eigenvalue weighted by molar-refractivity contribution is 5.53. The molecule has 1 rings (SSSR count). The smallest absolute Gasteiger partial charge is 0.239 e. The van der Waals surface area contributed by atoms with Crippen LogP contribution in [-0.2, 0) is 0 Å². The summed E-state index contributed by atoms with van der Waals surface area (Å²) in [5.74, 6) is 1.25. The molecule has 0 atom stereocenters. The summed E-state index contributed by atoms with van der Waals surface area (Å²) in [5, 5.41) is 12.0. The Hall–Kier alpha value is -1.49. The first-order valence-electron chi connectivity index (χ1n) is 7.22. The molecule has 0 aliphatic rings. The number of rotatable bonds is 8. The summed E-state index contributed by atoms with van der Waals surface area (Å²) < 4.78 is 5.73. The lowest BCUT2D eigenvalue weighted by molar-refractivity contribution is 0.125. The standard InChI is InChI=1S/C15H27N3O2/c1-15(2,3)20-14-12(16)8-9-13(18-14)17-10-6-4-5-7-11-19/h8-9,19H,4-7,10-11,16H2,1-3H3,(H,17,18). The Labute approximate surface area is 121 Å². The lowest BCUT2D eigenvalue weighted by Gasteiger charge is -2.21. The number of pyridine rings is 1. The normalized spacial score (nSPS) is 11.4. The predicted octanol–water partition coefficient (Wildman–Crippen LogP) is 2.81. The van der Waals surface area contributed by atoms with E-state index in [1.54, 1.807) is 0 Å². The molecule has 0 bridgehead atoms. The average molecular weight is 281 g/mol. The molecule has 0 aromatic carbocycles. The zero-order valence-corrected chi connectivity index (χ0v) is 12.8. The number of hydrogen-bond donors (Lipinski definition) is 3. The summed E-state index contributed by atoms with van der Waals surface area (Å²) in [4.78, 5) is 4.39. The lowest BCUT2D eigenvalue weighted by atomic mass is 10.2. The average Bonchev–Trinajstić information content (AvgIpc) is 2.35. The third-order valence-electron chi connectivity index (χ3n) is 2.68. The quantitative estimate of drug-likeness (QED) is 0.638. The number of ether oxygens (including phenoxy) is 1. The van der Waals surface area contributed by atoms with Crippen LogP contribution in [0.5, 0.6) is 5.88 Å². The van der Waals surface area contributed by atoms with Gasteiger partial charge >= 0.3 is 0 Å². The lowest BCUT2D eigenvalue weighted by Crippen LogP contribution is -2.24. The van der Waals surface area contributed by atoms with Gasteiger partial charge in [0.2, 0.25) is 5.88 Å². The van der Waals surface area contributed by atoms with E-state index in [9.17, 15) is 0 Å². The highest BCUT2D eigenvalue weighted by atomic mass is 16.5.